The van der Waals surface area contributed by atoms with E-state index in [-0.39, 0.29) is 55.6 Å². The molecule has 1 fully saturated rings. The van der Waals surface area contributed by atoms with Crippen LogP contribution in [0, 0.1) is 11.6 Å². The van der Waals surface area contributed by atoms with Crippen molar-refractivity contribution < 1.29 is 27.5 Å². The van der Waals surface area contributed by atoms with Crippen molar-refractivity contribution >= 4 is 22.8 Å². The normalized spacial score (nSPS) is 14.7. The van der Waals surface area contributed by atoms with Gasteiger partial charge in [0.25, 0.3) is 0 Å². The van der Waals surface area contributed by atoms with Crippen molar-refractivity contribution in [3.63, 3.8) is 0 Å². The Morgan fingerprint density at radius 3 is 2.20 bits per heavy atom. The van der Waals surface area contributed by atoms with E-state index in [0.29, 0.717) is 28.7 Å². The van der Waals surface area contributed by atoms with Gasteiger partial charge in [0.05, 0.1) is 42.8 Å². The van der Waals surface area contributed by atoms with Crippen LogP contribution in [0.5, 0.6) is 0 Å². The summed E-state index contributed by atoms with van der Waals surface area (Å²) in [5, 5.41) is 0.397. The number of halogens is 2. The molecular weight excluding hydrogens is 530 g/mol. The minimum atomic E-state index is -0.407. The Labute approximate surface area is 235 Å². The summed E-state index contributed by atoms with van der Waals surface area (Å²) in [6, 6.07) is 18.3. The number of ether oxygens (including phenoxy) is 1. The van der Waals surface area contributed by atoms with E-state index in [4.69, 9.17) is 9.15 Å². The van der Waals surface area contributed by atoms with Gasteiger partial charge in [0.2, 0.25) is 11.8 Å². The lowest BCUT2D eigenvalue weighted by atomic mass is 10.1. The van der Waals surface area contributed by atoms with Gasteiger partial charge in [-0.25, -0.2) is 8.78 Å². The largest absolute Gasteiger partial charge is 0.464 e. The molecule has 0 saturated carbocycles. The molecule has 0 aliphatic carbocycles. The van der Waals surface area contributed by atoms with E-state index in [1.165, 1.54) is 40.3 Å². The van der Waals surface area contributed by atoms with Gasteiger partial charge in [0.15, 0.2) is 5.43 Å². The van der Waals surface area contributed by atoms with E-state index in [2.05, 4.69) is 0 Å². The van der Waals surface area contributed by atoms with Crippen LogP contribution >= 0.6 is 0 Å². The summed E-state index contributed by atoms with van der Waals surface area (Å²) in [6.45, 7) is 0.593. The third-order valence-corrected chi connectivity index (χ3v) is 7.15. The molecule has 0 N–H and O–H groups in total. The molecule has 2 heterocycles. The minimum Gasteiger partial charge on any atom is -0.464 e. The standard InChI is InChI=1S/C32H30F2N2O5/c33-25-11-7-22(8-12-25)16-30(37)36(19-27-4-3-15-40-27)20-31(38)35(17-23-9-13-26(34)14-10-23)18-24-21-41-29-6-2-1-5-28(29)32(24)39/h1-2,5-14,21,27H,3-4,15-20H2. The molecule has 1 aromatic heterocycles. The van der Waals surface area contributed by atoms with Crippen LogP contribution in [0.15, 0.2) is 88.3 Å². The molecule has 4 aromatic rings. The summed E-state index contributed by atoms with van der Waals surface area (Å²) < 4.78 is 38.4. The van der Waals surface area contributed by atoms with E-state index in [0.717, 1.165) is 12.8 Å². The Bertz CT molecular complexity index is 1560. The van der Waals surface area contributed by atoms with Gasteiger partial charge in [-0.2, -0.15) is 0 Å². The van der Waals surface area contributed by atoms with E-state index in [9.17, 15) is 23.2 Å². The fourth-order valence-corrected chi connectivity index (χ4v) is 4.92. The summed E-state index contributed by atoms with van der Waals surface area (Å²) in [7, 11) is 0. The molecule has 0 bridgehead atoms. The van der Waals surface area contributed by atoms with Crippen LogP contribution in [0.3, 0.4) is 0 Å². The van der Waals surface area contributed by atoms with Crippen molar-refractivity contribution in [3.05, 3.63) is 118 Å². The third-order valence-electron chi connectivity index (χ3n) is 7.15. The number of hydrogen-bond acceptors (Lipinski definition) is 5. The molecule has 1 saturated heterocycles. The monoisotopic (exact) mass is 560 g/mol. The molecule has 7 nitrogen and oxygen atoms in total. The van der Waals surface area contributed by atoms with Gasteiger partial charge in [-0.15, -0.1) is 0 Å². The number of fused-ring (bicyclic) bond motifs is 1. The second kappa shape index (κ2) is 12.9. The Balaban J connectivity index is 1.40. The van der Waals surface area contributed by atoms with Crippen LogP contribution in [0.25, 0.3) is 11.0 Å². The molecule has 3 aromatic carbocycles. The van der Waals surface area contributed by atoms with Crippen LogP contribution in [-0.4, -0.2) is 47.4 Å². The molecule has 0 radical (unpaired) electrons. The Hall–Kier alpha value is -4.37. The van der Waals surface area contributed by atoms with Gasteiger partial charge >= 0.3 is 0 Å². The Morgan fingerprint density at radius 2 is 1.51 bits per heavy atom. The topological polar surface area (TPSA) is 80.1 Å². The highest BCUT2D eigenvalue weighted by Gasteiger charge is 2.27. The molecule has 2 amide bonds. The molecule has 1 unspecified atom stereocenters. The van der Waals surface area contributed by atoms with Gasteiger partial charge in [0.1, 0.15) is 17.2 Å². The Kier molecular flexibility index (Phi) is 8.84. The zero-order chi connectivity index (χ0) is 28.8. The lowest BCUT2D eigenvalue weighted by Gasteiger charge is -2.29. The number of para-hydroxylation sites is 1. The first-order valence-electron chi connectivity index (χ1n) is 13.5. The molecule has 1 aliphatic rings. The fraction of sp³-hybridized carbons (Fsp3) is 0.281. The van der Waals surface area contributed by atoms with E-state index in [1.807, 2.05) is 0 Å². The predicted molar refractivity (Wildman–Crippen MR) is 149 cm³/mol. The maximum absolute atomic E-state index is 13.8. The van der Waals surface area contributed by atoms with Gasteiger partial charge in [0, 0.05) is 19.7 Å². The van der Waals surface area contributed by atoms with Crippen molar-refractivity contribution in [1.82, 2.24) is 9.80 Å². The number of nitrogens with zero attached hydrogens (tertiary/aromatic N) is 2. The SMILES string of the molecule is O=C(CN(CC1CCCO1)C(=O)Cc1ccc(F)cc1)N(Cc1ccc(F)cc1)Cc1coc2ccccc2c1=O. The van der Waals surface area contributed by atoms with Crippen molar-refractivity contribution in [3.8, 4) is 0 Å². The zero-order valence-corrected chi connectivity index (χ0v) is 22.4. The first-order valence-corrected chi connectivity index (χ1v) is 13.5. The highest BCUT2D eigenvalue weighted by Crippen LogP contribution is 2.17. The third kappa shape index (κ3) is 7.24. The molecule has 212 valence electrons. The Morgan fingerprint density at radius 1 is 0.829 bits per heavy atom. The first kappa shape index (κ1) is 28.2. The fourth-order valence-electron chi connectivity index (χ4n) is 4.92. The average molecular weight is 561 g/mol. The first-order chi connectivity index (χ1) is 19.9. The lowest BCUT2D eigenvalue weighted by Crippen LogP contribution is -2.46. The zero-order valence-electron chi connectivity index (χ0n) is 22.4. The van der Waals surface area contributed by atoms with Crippen LogP contribution in [0.4, 0.5) is 8.78 Å². The molecule has 5 rings (SSSR count). The maximum atomic E-state index is 13.8. The van der Waals surface area contributed by atoms with Crippen molar-refractivity contribution in [1.29, 1.82) is 0 Å². The highest BCUT2D eigenvalue weighted by atomic mass is 19.1. The average Bonchev–Trinajstić information content (AvgIpc) is 3.49. The molecule has 1 atom stereocenters. The van der Waals surface area contributed by atoms with E-state index in [1.54, 1.807) is 48.5 Å². The summed E-state index contributed by atoms with van der Waals surface area (Å²) in [4.78, 5) is 43.3. The van der Waals surface area contributed by atoms with Gasteiger partial charge in [-0.1, -0.05) is 36.4 Å². The molecular formula is C32H30F2N2O5. The van der Waals surface area contributed by atoms with Gasteiger partial charge < -0.3 is 19.0 Å². The van der Waals surface area contributed by atoms with Crippen LogP contribution in [-0.2, 0) is 33.8 Å². The minimum absolute atomic E-state index is 0.00744. The lowest BCUT2D eigenvalue weighted by molar-refractivity contribution is -0.142. The number of amides is 2. The summed E-state index contributed by atoms with van der Waals surface area (Å²) in [5.74, 6) is -1.50. The smallest absolute Gasteiger partial charge is 0.242 e. The van der Waals surface area contributed by atoms with Crippen LogP contribution in [0.2, 0.25) is 0 Å². The highest BCUT2D eigenvalue weighted by molar-refractivity contribution is 5.86. The van der Waals surface area contributed by atoms with E-state index >= 15 is 0 Å². The maximum Gasteiger partial charge on any atom is 0.242 e. The number of carbonyl (C=O) groups is 2. The quantitative estimate of drug-likeness (QED) is 0.277. The van der Waals surface area contributed by atoms with Crippen molar-refractivity contribution in [2.24, 2.45) is 0 Å². The number of rotatable bonds is 10. The predicted octanol–water partition coefficient (Wildman–Crippen LogP) is 4.85. The second-order valence-electron chi connectivity index (χ2n) is 10.2. The van der Waals surface area contributed by atoms with Gasteiger partial charge in [-0.05, 0) is 60.4 Å². The summed E-state index contributed by atoms with van der Waals surface area (Å²) in [6.07, 6.45) is 2.78. The van der Waals surface area contributed by atoms with E-state index < -0.39 is 17.5 Å². The number of hydrogen-bond donors (Lipinski definition) is 0. The number of carbonyl (C=O) groups excluding carboxylic acids is 2. The molecule has 41 heavy (non-hydrogen) atoms. The van der Waals surface area contributed by atoms with Crippen molar-refractivity contribution in [2.75, 3.05) is 19.7 Å². The van der Waals surface area contributed by atoms with Crippen molar-refractivity contribution in [2.45, 2.75) is 38.5 Å². The summed E-state index contributed by atoms with van der Waals surface area (Å²) >= 11 is 0. The second-order valence-corrected chi connectivity index (χ2v) is 10.2. The summed E-state index contributed by atoms with van der Waals surface area (Å²) in [5.41, 5.74) is 1.74. The van der Waals surface area contributed by atoms with Gasteiger partial charge in [-0.3, -0.25) is 14.4 Å². The number of benzene rings is 3. The molecule has 1 aliphatic heterocycles. The van der Waals surface area contributed by atoms with Crippen LogP contribution < -0.4 is 5.43 Å². The molecule has 9 heteroatoms. The van der Waals surface area contributed by atoms with Crippen LogP contribution in [0.1, 0.15) is 29.5 Å². The molecule has 0 spiro atoms.